The highest BCUT2D eigenvalue weighted by atomic mass is 19.4. The van der Waals surface area contributed by atoms with Crippen molar-refractivity contribution in [3.8, 4) is 11.8 Å². The van der Waals surface area contributed by atoms with Crippen LogP contribution in [0.15, 0.2) is 102 Å². The fraction of sp³-hybridized carbons (Fsp3) is 0.206. The number of carbonyl (C=O) groups is 1. The number of methoxy groups -OCH3 is 1. The number of allylic oxidation sites excluding steroid dienone is 1. The van der Waals surface area contributed by atoms with E-state index in [9.17, 15) is 23.2 Å². The Morgan fingerprint density at radius 3 is 2.59 bits per heavy atom. The van der Waals surface area contributed by atoms with Gasteiger partial charge in [0.15, 0.2) is 0 Å². The van der Waals surface area contributed by atoms with Crippen LogP contribution in [0.5, 0.6) is 5.75 Å². The lowest BCUT2D eigenvalue weighted by molar-refractivity contribution is -0.110. The molecule has 224 valence electrons. The van der Waals surface area contributed by atoms with Gasteiger partial charge in [-0.2, -0.15) is 18.4 Å². The first kappa shape index (κ1) is 30.3. The van der Waals surface area contributed by atoms with E-state index in [-0.39, 0.29) is 17.3 Å². The van der Waals surface area contributed by atoms with Gasteiger partial charge in [0.05, 0.1) is 30.5 Å². The highest BCUT2D eigenvalue weighted by Gasteiger charge is 2.32. The lowest BCUT2D eigenvalue weighted by Crippen LogP contribution is -2.27. The summed E-state index contributed by atoms with van der Waals surface area (Å²) >= 11 is 0. The van der Waals surface area contributed by atoms with Crippen molar-refractivity contribution in [2.24, 2.45) is 16.6 Å². The average molecular weight is 598 g/mol. The SMILES string of the molecule is COc1ccc2ccccc2c1C(NCC1CC1)c1cccc(NC(=O)C(C=C(N)C(F)(F)F)=Nc2cccc(C#N)c2)c1. The minimum Gasteiger partial charge on any atom is -0.496 e. The van der Waals surface area contributed by atoms with Gasteiger partial charge in [-0.25, -0.2) is 4.99 Å². The van der Waals surface area contributed by atoms with Gasteiger partial charge in [-0.15, -0.1) is 0 Å². The molecule has 10 heteroatoms. The van der Waals surface area contributed by atoms with Gasteiger partial charge in [-0.3, -0.25) is 4.79 Å². The van der Waals surface area contributed by atoms with Gasteiger partial charge in [0.1, 0.15) is 17.2 Å². The van der Waals surface area contributed by atoms with Crippen LogP contribution in [-0.4, -0.2) is 31.4 Å². The highest BCUT2D eigenvalue weighted by molar-refractivity contribution is 6.47. The first-order valence-electron chi connectivity index (χ1n) is 14.0. The van der Waals surface area contributed by atoms with Gasteiger partial charge in [-0.05, 0) is 84.1 Å². The fourth-order valence-corrected chi connectivity index (χ4v) is 4.90. The molecule has 0 radical (unpaired) electrons. The number of hydrogen-bond acceptors (Lipinski definition) is 6. The van der Waals surface area contributed by atoms with Crippen molar-refractivity contribution in [3.05, 3.63) is 113 Å². The molecule has 7 nitrogen and oxygen atoms in total. The number of amides is 1. The van der Waals surface area contributed by atoms with Crippen LogP contribution < -0.4 is 21.1 Å². The van der Waals surface area contributed by atoms with E-state index in [1.54, 1.807) is 25.3 Å². The molecule has 1 saturated carbocycles. The van der Waals surface area contributed by atoms with Crippen LogP contribution in [0.25, 0.3) is 10.8 Å². The third-order valence-electron chi connectivity index (χ3n) is 7.30. The van der Waals surface area contributed by atoms with Crippen LogP contribution in [0.4, 0.5) is 24.5 Å². The Labute approximate surface area is 252 Å². The maximum Gasteiger partial charge on any atom is 0.430 e. The van der Waals surface area contributed by atoms with E-state index in [1.165, 1.54) is 24.3 Å². The van der Waals surface area contributed by atoms with Crippen molar-refractivity contribution in [3.63, 3.8) is 0 Å². The zero-order valence-electron chi connectivity index (χ0n) is 23.9. The van der Waals surface area contributed by atoms with Gasteiger partial charge in [0.25, 0.3) is 5.91 Å². The van der Waals surface area contributed by atoms with Crippen molar-refractivity contribution in [1.82, 2.24) is 5.32 Å². The maximum absolute atomic E-state index is 13.4. The summed E-state index contributed by atoms with van der Waals surface area (Å²) in [5, 5.41) is 17.6. The first-order valence-corrected chi connectivity index (χ1v) is 14.0. The molecule has 0 aliphatic heterocycles. The van der Waals surface area contributed by atoms with Crippen LogP contribution >= 0.6 is 0 Å². The molecule has 1 amide bonds. The second kappa shape index (κ2) is 13.0. The number of fused-ring (bicyclic) bond motifs is 1. The Hall–Kier alpha value is -5.14. The molecule has 4 aromatic carbocycles. The Kier molecular flexibility index (Phi) is 8.97. The van der Waals surface area contributed by atoms with E-state index in [0.29, 0.717) is 23.4 Å². The normalized spacial score (nSPS) is 14.6. The average Bonchev–Trinajstić information content (AvgIpc) is 3.85. The quantitative estimate of drug-likeness (QED) is 0.172. The number of anilines is 1. The molecule has 1 unspecified atom stereocenters. The summed E-state index contributed by atoms with van der Waals surface area (Å²) in [7, 11) is 1.62. The van der Waals surface area contributed by atoms with Crippen molar-refractivity contribution >= 4 is 33.8 Å². The fourth-order valence-electron chi connectivity index (χ4n) is 4.90. The molecule has 0 aromatic heterocycles. The summed E-state index contributed by atoms with van der Waals surface area (Å²) < 4.78 is 45.8. The number of nitrogens with zero attached hydrogens (tertiary/aromatic N) is 2. The number of carbonyl (C=O) groups excluding carboxylic acids is 1. The molecule has 1 atom stereocenters. The molecule has 1 aliphatic carbocycles. The van der Waals surface area contributed by atoms with Crippen LogP contribution in [0, 0.1) is 17.2 Å². The zero-order valence-corrected chi connectivity index (χ0v) is 23.9. The van der Waals surface area contributed by atoms with E-state index in [4.69, 9.17) is 10.5 Å². The van der Waals surface area contributed by atoms with E-state index in [2.05, 4.69) is 15.6 Å². The minimum absolute atomic E-state index is 0.126. The lowest BCUT2D eigenvalue weighted by atomic mass is 9.92. The van der Waals surface area contributed by atoms with E-state index in [1.807, 2.05) is 48.5 Å². The lowest BCUT2D eigenvalue weighted by Gasteiger charge is -2.24. The summed E-state index contributed by atoms with van der Waals surface area (Å²) in [5.74, 6) is 0.376. The third-order valence-corrected chi connectivity index (χ3v) is 7.30. The van der Waals surface area contributed by atoms with E-state index >= 15 is 0 Å². The standard InChI is InChI=1S/C34H30F3N5O2/c1-44-29-15-14-23-7-2-3-11-27(23)31(29)32(40-20-21-12-13-21)24-8-5-10-26(17-24)42-33(43)28(18-30(39)34(35,36)37)41-25-9-4-6-22(16-25)19-38/h2-11,14-18,21,32,40H,12-13,20,39H2,1H3,(H,42,43). The molecule has 1 aliphatic rings. The second-order valence-corrected chi connectivity index (χ2v) is 10.5. The molecular weight excluding hydrogens is 567 g/mol. The van der Waals surface area contributed by atoms with Crippen molar-refractivity contribution in [1.29, 1.82) is 5.26 Å². The molecular formula is C34H30F3N5O2. The highest BCUT2D eigenvalue weighted by Crippen LogP contribution is 2.38. The number of rotatable bonds is 10. The van der Waals surface area contributed by atoms with Gasteiger partial charge < -0.3 is 21.1 Å². The van der Waals surface area contributed by atoms with Gasteiger partial charge in [-0.1, -0.05) is 48.5 Å². The molecule has 4 aromatic rings. The molecule has 44 heavy (non-hydrogen) atoms. The van der Waals surface area contributed by atoms with Crippen LogP contribution in [0.3, 0.4) is 0 Å². The van der Waals surface area contributed by atoms with Crippen LogP contribution in [0.2, 0.25) is 0 Å². The Bertz CT molecular complexity index is 1790. The van der Waals surface area contributed by atoms with Crippen molar-refractivity contribution < 1.29 is 22.7 Å². The summed E-state index contributed by atoms with van der Waals surface area (Å²) in [5.41, 5.74) is 5.68. The van der Waals surface area contributed by atoms with E-state index < -0.39 is 23.5 Å². The predicted octanol–water partition coefficient (Wildman–Crippen LogP) is 6.93. The number of nitrogens with two attached hydrogens (primary N) is 1. The van der Waals surface area contributed by atoms with Crippen molar-refractivity contribution in [2.75, 3.05) is 19.0 Å². The molecule has 0 heterocycles. The van der Waals surface area contributed by atoms with Crippen molar-refractivity contribution in [2.45, 2.75) is 25.1 Å². The topological polar surface area (TPSA) is 113 Å². The number of benzene rings is 4. The number of aliphatic imine (C=N–C) groups is 1. The third kappa shape index (κ3) is 7.25. The van der Waals surface area contributed by atoms with Crippen LogP contribution in [0.1, 0.15) is 35.6 Å². The number of halogens is 3. The summed E-state index contributed by atoms with van der Waals surface area (Å²) in [6, 6.07) is 26.5. The molecule has 5 rings (SSSR count). The molecule has 0 spiro atoms. The van der Waals surface area contributed by atoms with E-state index in [0.717, 1.165) is 41.3 Å². The van der Waals surface area contributed by atoms with Gasteiger partial charge in [0.2, 0.25) is 0 Å². The number of hydrogen-bond donors (Lipinski definition) is 3. The Balaban J connectivity index is 1.52. The second-order valence-electron chi connectivity index (χ2n) is 10.5. The monoisotopic (exact) mass is 597 g/mol. The first-order chi connectivity index (χ1) is 21.2. The Morgan fingerprint density at radius 2 is 1.86 bits per heavy atom. The summed E-state index contributed by atoms with van der Waals surface area (Å²) in [6.07, 6.45) is -2.08. The Morgan fingerprint density at radius 1 is 1.09 bits per heavy atom. The molecule has 0 saturated heterocycles. The van der Waals surface area contributed by atoms with Crippen LogP contribution in [-0.2, 0) is 4.79 Å². The molecule has 4 N–H and O–H groups in total. The smallest absolute Gasteiger partial charge is 0.430 e. The maximum atomic E-state index is 13.4. The van der Waals surface area contributed by atoms with Gasteiger partial charge in [0, 0.05) is 11.3 Å². The molecule has 0 bridgehead atoms. The minimum atomic E-state index is -4.87. The number of ether oxygens (including phenoxy) is 1. The summed E-state index contributed by atoms with van der Waals surface area (Å²) in [6.45, 7) is 0.785. The number of alkyl halides is 3. The predicted molar refractivity (Wildman–Crippen MR) is 165 cm³/mol. The zero-order chi connectivity index (χ0) is 31.3. The van der Waals surface area contributed by atoms with Gasteiger partial charge >= 0.3 is 6.18 Å². The number of nitriles is 1. The summed E-state index contributed by atoms with van der Waals surface area (Å²) in [4.78, 5) is 17.5. The largest absolute Gasteiger partial charge is 0.496 e. The number of nitrogens with one attached hydrogen (secondary N) is 2. The molecule has 1 fully saturated rings.